The van der Waals surface area contributed by atoms with Crippen LogP contribution in [0.3, 0.4) is 0 Å². The Hall–Kier alpha value is -3.48. The average molecular weight is 402 g/mol. The van der Waals surface area contributed by atoms with E-state index in [9.17, 15) is 9.59 Å². The summed E-state index contributed by atoms with van der Waals surface area (Å²) in [5, 5.41) is 14.6. The molecule has 0 saturated heterocycles. The van der Waals surface area contributed by atoms with E-state index in [1.54, 1.807) is 18.3 Å². The number of rotatable bonds is 6. The van der Waals surface area contributed by atoms with Gasteiger partial charge in [-0.25, -0.2) is 4.79 Å². The van der Waals surface area contributed by atoms with Crippen LogP contribution in [-0.4, -0.2) is 36.3 Å². The normalized spacial score (nSPS) is 11.1. The monoisotopic (exact) mass is 402 g/mol. The van der Waals surface area contributed by atoms with E-state index in [2.05, 4.69) is 10.3 Å². The van der Waals surface area contributed by atoms with Crippen molar-refractivity contribution < 1.29 is 14.6 Å². The van der Waals surface area contributed by atoms with Crippen molar-refractivity contribution in [2.75, 3.05) is 20.3 Å². The second-order valence-corrected chi connectivity index (χ2v) is 7.04. The zero-order valence-corrected chi connectivity index (χ0v) is 16.6. The van der Waals surface area contributed by atoms with Gasteiger partial charge in [-0.3, -0.25) is 4.79 Å². The number of methoxy groups -OCH3 is 1. The first-order valence-corrected chi connectivity index (χ1v) is 9.69. The Balaban J connectivity index is 1.84. The molecule has 0 spiro atoms. The van der Waals surface area contributed by atoms with Crippen molar-refractivity contribution in [3.8, 4) is 11.1 Å². The van der Waals surface area contributed by atoms with Gasteiger partial charge in [0.2, 0.25) is 0 Å². The highest BCUT2D eigenvalue weighted by Gasteiger charge is 2.16. The molecule has 0 aliphatic carbocycles. The molecular weight excluding hydrogens is 380 g/mol. The van der Waals surface area contributed by atoms with Crippen LogP contribution in [0.2, 0.25) is 0 Å². The molecule has 152 valence electrons. The number of benzene rings is 3. The molecule has 4 rings (SSSR count). The SMILES string of the molecule is COC(=O)c1cc2cc[nH]c(=O)c2c2cc(-c3ccc(CNCCO)cc3)ccc12. The number of nitrogens with one attached hydrogen (secondary N) is 2. The summed E-state index contributed by atoms with van der Waals surface area (Å²) in [6, 6.07) is 17.3. The van der Waals surface area contributed by atoms with Crippen LogP contribution in [0.15, 0.2) is 65.6 Å². The van der Waals surface area contributed by atoms with E-state index in [4.69, 9.17) is 9.84 Å². The molecule has 3 aromatic carbocycles. The number of carbonyl (C=O) groups excluding carboxylic acids is 1. The van der Waals surface area contributed by atoms with Gasteiger partial charge in [-0.2, -0.15) is 0 Å². The van der Waals surface area contributed by atoms with Gasteiger partial charge in [-0.1, -0.05) is 36.4 Å². The van der Waals surface area contributed by atoms with Crippen molar-refractivity contribution >= 4 is 27.5 Å². The lowest BCUT2D eigenvalue weighted by molar-refractivity contribution is 0.0603. The second kappa shape index (κ2) is 8.49. The third-order valence-electron chi connectivity index (χ3n) is 5.18. The Labute approximate surface area is 173 Å². The van der Waals surface area contributed by atoms with Gasteiger partial charge in [-0.05, 0) is 51.0 Å². The zero-order chi connectivity index (χ0) is 21.1. The summed E-state index contributed by atoms with van der Waals surface area (Å²) in [4.78, 5) is 27.6. The van der Waals surface area contributed by atoms with Gasteiger partial charge in [-0.15, -0.1) is 0 Å². The van der Waals surface area contributed by atoms with Gasteiger partial charge < -0.3 is 20.1 Å². The fourth-order valence-corrected chi connectivity index (χ4v) is 3.70. The summed E-state index contributed by atoms with van der Waals surface area (Å²) in [5.41, 5.74) is 3.30. The van der Waals surface area contributed by atoms with Gasteiger partial charge in [0.15, 0.2) is 0 Å². The molecule has 0 aliphatic rings. The fraction of sp³-hybridized carbons (Fsp3) is 0.167. The van der Waals surface area contributed by atoms with E-state index in [1.165, 1.54) is 7.11 Å². The van der Waals surface area contributed by atoms with Gasteiger partial charge in [0.1, 0.15) is 0 Å². The molecule has 0 aliphatic heterocycles. The van der Waals surface area contributed by atoms with Crippen molar-refractivity contribution in [1.82, 2.24) is 10.3 Å². The molecule has 0 bridgehead atoms. The van der Waals surface area contributed by atoms with Crippen LogP contribution in [0.1, 0.15) is 15.9 Å². The molecule has 30 heavy (non-hydrogen) atoms. The Morgan fingerprint density at radius 2 is 1.80 bits per heavy atom. The van der Waals surface area contributed by atoms with Gasteiger partial charge in [0.25, 0.3) is 5.56 Å². The molecule has 1 aromatic heterocycles. The van der Waals surface area contributed by atoms with E-state index in [0.717, 1.165) is 16.7 Å². The number of carbonyl (C=O) groups is 1. The number of ether oxygens (including phenoxy) is 1. The summed E-state index contributed by atoms with van der Waals surface area (Å²) >= 11 is 0. The smallest absolute Gasteiger partial charge is 0.338 e. The number of aliphatic hydroxyl groups excluding tert-OH is 1. The van der Waals surface area contributed by atoms with Gasteiger partial charge >= 0.3 is 5.97 Å². The van der Waals surface area contributed by atoms with Crippen molar-refractivity contribution in [3.63, 3.8) is 0 Å². The molecule has 3 N–H and O–H groups in total. The number of aliphatic hydroxyl groups is 1. The van der Waals surface area contributed by atoms with E-state index in [1.807, 2.05) is 42.5 Å². The van der Waals surface area contributed by atoms with E-state index in [0.29, 0.717) is 40.2 Å². The summed E-state index contributed by atoms with van der Waals surface area (Å²) < 4.78 is 4.95. The Morgan fingerprint density at radius 1 is 1.03 bits per heavy atom. The molecule has 0 unspecified atom stereocenters. The molecule has 0 atom stereocenters. The highest BCUT2D eigenvalue weighted by molar-refractivity contribution is 6.16. The quantitative estimate of drug-likeness (QED) is 0.262. The molecule has 6 heteroatoms. The highest BCUT2D eigenvalue weighted by atomic mass is 16.5. The van der Waals surface area contributed by atoms with Crippen molar-refractivity contribution in [2.45, 2.75) is 6.54 Å². The number of hydrogen-bond donors (Lipinski definition) is 3. The lowest BCUT2D eigenvalue weighted by Gasteiger charge is -2.11. The lowest BCUT2D eigenvalue weighted by Crippen LogP contribution is -2.17. The first kappa shape index (κ1) is 19.8. The summed E-state index contributed by atoms with van der Waals surface area (Å²) in [5.74, 6) is -0.435. The highest BCUT2D eigenvalue weighted by Crippen LogP contribution is 2.31. The lowest BCUT2D eigenvalue weighted by atomic mass is 9.94. The first-order chi connectivity index (χ1) is 14.6. The standard InChI is InChI=1S/C24H22N2O4/c1-30-24(29)21-13-18-8-9-26-23(28)22(18)20-12-17(6-7-19(20)21)16-4-2-15(3-5-16)14-25-10-11-27/h2-9,12-13,25,27H,10-11,14H2,1H3,(H,26,28). The number of esters is 1. The minimum absolute atomic E-state index is 0.107. The van der Waals surface area contributed by atoms with Gasteiger partial charge in [0.05, 0.1) is 24.7 Å². The Bertz CT molecular complexity index is 1280. The maximum absolute atomic E-state index is 12.6. The zero-order valence-electron chi connectivity index (χ0n) is 16.6. The molecule has 6 nitrogen and oxygen atoms in total. The van der Waals surface area contributed by atoms with Gasteiger partial charge in [0, 0.05) is 19.3 Å². The number of fused-ring (bicyclic) bond motifs is 3. The molecular formula is C24H22N2O4. The maximum atomic E-state index is 12.6. The fourth-order valence-electron chi connectivity index (χ4n) is 3.70. The third kappa shape index (κ3) is 3.70. The van der Waals surface area contributed by atoms with Crippen LogP contribution in [0.5, 0.6) is 0 Å². The largest absolute Gasteiger partial charge is 0.465 e. The number of aromatic nitrogens is 1. The number of hydrogen-bond acceptors (Lipinski definition) is 5. The van der Waals surface area contributed by atoms with E-state index in [-0.39, 0.29) is 12.2 Å². The average Bonchev–Trinajstić information content (AvgIpc) is 2.78. The number of H-pyrrole nitrogens is 1. The molecule has 0 saturated carbocycles. The van der Waals surface area contributed by atoms with Crippen molar-refractivity contribution in [2.24, 2.45) is 0 Å². The topological polar surface area (TPSA) is 91.4 Å². The van der Waals surface area contributed by atoms with Crippen LogP contribution in [-0.2, 0) is 11.3 Å². The van der Waals surface area contributed by atoms with Crippen LogP contribution in [0.25, 0.3) is 32.7 Å². The molecule has 0 amide bonds. The second-order valence-electron chi connectivity index (χ2n) is 7.04. The molecule has 4 aromatic rings. The predicted molar refractivity (Wildman–Crippen MR) is 118 cm³/mol. The van der Waals surface area contributed by atoms with E-state index < -0.39 is 5.97 Å². The summed E-state index contributed by atoms with van der Waals surface area (Å²) in [7, 11) is 1.35. The number of pyridine rings is 1. The minimum Gasteiger partial charge on any atom is -0.465 e. The summed E-state index contributed by atoms with van der Waals surface area (Å²) in [6.07, 6.45) is 1.57. The molecule has 0 radical (unpaired) electrons. The van der Waals surface area contributed by atoms with Crippen molar-refractivity contribution in [1.29, 1.82) is 0 Å². The maximum Gasteiger partial charge on any atom is 0.338 e. The van der Waals surface area contributed by atoms with Crippen LogP contribution in [0.4, 0.5) is 0 Å². The van der Waals surface area contributed by atoms with Crippen LogP contribution < -0.4 is 10.9 Å². The Morgan fingerprint density at radius 3 is 2.53 bits per heavy atom. The van der Waals surface area contributed by atoms with E-state index >= 15 is 0 Å². The molecule has 0 fully saturated rings. The van der Waals surface area contributed by atoms with Crippen LogP contribution >= 0.6 is 0 Å². The minimum atomic E-state index is -0.435. The predicted octanol–water partition coefficient (Wildman–Crippen LogP) is 3.22. The molecule has 1 heterocycles. The Kier molecular flexibility index (Phi) is 5.61. The summed E-state index contributed by atoms with van der Waals surface area (Å²) in [6.45, 7) is 1.34. The van der Waals surface area contributed by atoms with Crippen LogP contribution in [0, 0.1) is 0 Å². The van der Waals surface area contributed by atoms with Crippen molar-refractivity contribution in [3.05, 3.63) is 82.3 Å². The first-order valence-electron chi connectivity index (χ1n) is 9.69. The third-order valence-corrected chi connectivity index (χ3v) is 5.18. The number of aromatic amines is 1.